The molecule has 0 fully saturated rings. The molecule has 1 aliphatic heterocycles. The summed E-state index contributed by atoms with van der Waals surface area (Å²) in [5.74, 6) is -0.937. The number of allylic oxidation sites excluding steroid dienone is 2. The normalized spacial score (nSPS) is 17.6. The summed E-state index contributed by atoms with van der Waals surface area (Å²) in [5, 5.41) is 10.00. The molecule has 2 N–H and O–H groups in total. The molecule has 0 spiro atoms. The molecule has 0 amide bonds. The largest absolute Gasteiger partial charge is 0.463 e. The second kappa shape index (κ2) is 7.07. The zero-order valence-electron chi connectivity index (χ0n) is 12.5. The summed E-state index contributed by atoms with van der Waals surface area (Å²) in [6.45, 7) is 3.54. The lowest BCUT2D eigenvalue weighted by Gasteiger charge is -2.27. The van der Waals surface area contributed by atoms with Gasteiger partial charge in [0, 0.05) is 9.50 Å². The molecule has 0 aliphatic carbocycles. The molecule has 0 aromatic heterocycles. The number of nitrogens with two attached hydrogens (primary N) is 1. The van der Waals surface area contributed by atoms with Gasteiger partial charge in [0.25, 0.3) is 0 Å². The first-order valence-corrected chi connectivity index (χ1v) is 7.98. The van der Waals surface area contributed by atoms with E-state index in [0.29, 0.717) is 20.8 Å². The molecule has 1 aliphatic rings. The predicted molar refractivity (Wildman–Crippen MR) is 89.1 cm³/mol. The summed E-state index contributed by atoms with van der Waals surface area (Å²) in [4.78, 5) is 12.4. The first-order chi connectivity index (χ1) is 10.9. The van der Waals surface area contributed by atoms with Crippen LogP contribution in [-0.2, 0) is 14.3 Å². The van der Waals surface area contributed by atoms with Crippen LogP contribution in [-0.4, -0.2) is 12.6 Å². The Kier molecular flexibility index (Phi) is 5.34. The molecular formula is C16H14BrClN2O3. The fourth-order valence-corrected chi connectivity index (χ4v) is 3.31. The third-order valence-electron chi connectivity index (χ3n) is 3.37. The zero-order valence-corrected chi connectivity index (χ0v) is 14.9. The Morgan fingerprint density at radius 2 is 2.26 bits per heavy atom. The molecule has 0 saturated carbocycles. The molecule has 0 bridgehead atoms. The third-order valence-corrected chi connectivity index (χ3v) is 4.30. The number of rotatable bonds is 3. The number of carbonyl (C=O) groups is 1. The van der Waals surface area contributed by atoms with E-state index in [9.17, 15) is 10.1 Å². The number of hydrogen-bond donors (Lipinski definition) is 1. The monoisotopic (exact) mass is 396 g/mol. The van der Waals surface area contributed by atoms with Crippen LogP contribution in [0.1, 0.15) is 25.3 Å². The molecule has 1 aromatic rings. The van der Waals surface area contributed by atoms with E-state index < -0.39 is 11.9 Å². The number of halogens is 2. The molecule has 1 atom stereocenters. The molecule has 2 rings (SSSR count). The first-order valence-electron chi connectivity index (χ1n) is 6.81. The number of hydrogen-bond acceptors (Lipinski definition) is 5. The molecule has 0 radical (unpaired) electrons. The van der Waals surface area contributed by atoms with E-state index in [2.05, 4.69) is 15.9 Å². The maximum Gasteiger partial charge on any atom is 0.338 e. The van der Waals surface area contributed by atoms with Crippen LogP contribution in [0, 0.1) is 11.3 Å². The van der Waals surface area contributed by atoms with Crippen LogP contribution in [0.4, 0.5) is 0 Å². The third kappa shape index (κ3) is 3.36. The van der Waals surface area contributed by atoms with Gasteiger partial charge in [-0.1, -0.05) is 33.6 Å². The number of ether oxygens (including phenoxy) is 2. The van der Waals surface area contributed by atoms with Crippen molar-refractivity contribution in [2.75, 3.05) is 6.61 Å². The Morgan fingerprint density at radius 3 is 2.83 bits per heavy atom. The van der Waals surface area contributed by atoms with E-state index in [-0.39, 0.29) is 23.6 Å². The highest BCUT2D eigenvalue weighted by atomic mass is 79.9. The van der Waals surface area contributed by atoms with Crippen molar-refractivity contribution < 1.29 is 14.3 Å². The van der Waals surface area contributed by atoms with E-state index in [4.69, 9.17) is 26.8 Å². The maximum atomic E-state index is 12.4. The van der Waals surface area contributed by atoms with E-state index in [1.165, 1.54) is 0 Å². The van der Waals surface area contributed by atoms with Gasteiger partial charge in [0.05, 0.1) is 18.1 Å². The summed E-state index contributed by atoms with van der Waals surface area (Å²) in [6.07, 6.45) is 0. The maximum absolute atomic E-state index is 12.4. The average Bonchev–Trinajstić information content (AvgIpc) is 2.46. The van der Waals surface area contributed by atoms with Gasteiger partial charge in [-0.05, 0) is 31.5 Å². The van der Waals surface area contributed by atoms with Crippen molar-refractivity contribution in [2.24, 2.45) is 5.73 Å². The van der Waals surface area contributed by atoms with Gasteiger partial charge < -0.3 is 15.2 Å². The minimum Gasteiger partial charge on any atom is -0.463 e. The quantitative estimate of drug-likeness (QED) is 0.785. The topological polar surface area (TPSA) is 85.3 Å². The Bertz CT molecular complexity index is 765. The lowest BCUT2D eigenvalue weighted by molar-refractivity contribution is -0.139. The SMILES string of the molecule is CCOC(=O)C1=C(C)OC(N)=C(C#N)C1c1ccc(Cl)cc1Br. The molecule has 1 unspecified atom stereocenters. The second-order valence-electron chi connectivity index (χ2n) is 4.78. The first kappa shape index (κ1) is 17.4. The summed E-state index contributed by atoms with van der Waals surface area (Å²) in [5.41, 5.74) is 6.92. The number of nitrogens with zero attached hydrogens (tertiary/aromatic N) is 1. The van der Waals surface area contributed by atoms with Crippen molar-refractivity contribution in [3.8, 4) is 6.07 Å². The Hall–Kier alpha value is -1.97. The van der Waals surface area contributed by atoms with Gasteiger partial charge in [0.1, 0.15) is 17.4 Å². The fourth-order valence-electron chi connectivity index (χ4n) is 2.40. The van der Waals surface area contributed by atoms with Crippen LogP contribution < -0.4 is 5.73 Å². The average molecular weight is 398 g/mol. The molecular weight excluding hydrogens is 384 g/mol. The molecule has 0 saturated heterocycles. The van der Waals surface area contributed by atoms with Crippen LogP contribution in [0.25, 0.3) is 0 Å². The highest BCUT2D eigenvalue weighted by Gasteiger charge is 2.37. The van der Waals surface area contributed by atoms with Crippen molar-refractivity contribution in [3.05, 3.63) is 56.0 Å². The fraction of sp³-hybridized carbons (Fsp3) is 0.250. The lowest BCUT2D eigenvalue weighted by atomic mass is 9.83. The van der Waals surface area contributed by atoms with E-state index >= 15 is 0 Å². The predicted octanol–water partition coefficient (Wildman–Crippen LogP) is 3.75. The smallest absolute Gasteiger partial charge is 0.338 e. The van der Waals surface area contributed by atoms with Crippen molar-refractivity contribution in [1.29, 1.82) is 5.26 Å². The molecule has 1 aromatic carbocycles. The van der Waals surface area contributed by atoms with Crippen LogP contribution in [0.3, 0.4) is 0 Å². The molecule has 23 heavy (non-hydrogen) atoms. The summed E-state index contributed by atoms with van der Waals surface area (Å²) >= 11 is 9.39. The molecule has 1 heterocycles. The summed E-state index contributed by atoms with van der Waals surface area (Å²) < 4.78 is 11.1. The minimum atomic E-state index is -0.681. The second-order valence-corrected chi connectivity index (χ2v) is 6.07. The van der Waals surface area contributed by atoms with Crippen molar-refractivity contribution in [1.82, 2.24) is 0 Å². The summed E-state index contributed by atoms with van der Waals surface area (Å²) in [7, 11) is 0. The van der Waals surface area contributed by atoms with Gasteiger partial charge in [-0.25, -0.2) is 4.79 Å². The Morgan fingerprint density at radius 1 is 1.57 bits per heavy atom. The Labute approximate surface area is 147 Å². The lowest BCUT2D eigenvalue weighted by Crippen LogP contribution is -2.25. The number of nitriles is 1. The van der Waals surface area contributed by atoms with Crippen LogP contribution >= 0.6 is 27.5 Å². The minimum absolute atomic E-state index is 0.0232. The van der Waals surface area contributed by atoms with Gasteiger partial charge in [0.2, 0.25) is 5.88 Å². The highest BCUT2D eigenvalue weighted by Crippen LogP contribution is 2.42. The van der Waals surface area contributed by atoms with Gasteiger partial charge >= 0.3 is 5.97 Å². The van der Waals surface area contributed by atoms with Gasteiger partial charge in [-0.15, -0.1) is 0 Å². The van der Waals surface area contributed by atoms with E-state index in [1.807, 2.05) is 6.07 Å². The highest BCUT2D eigenvalue weighted by molar-refractivity contribution is 9.10. The van der Waals surface area contributed by atoms with Crippen LogP contribution in [0.5, 0.6) is 0 Å². The van der Waals surface area contributed by atoms with Crippen LogP contribution in [0.15, 0.2) is 45.5 Å². The molecule has 120 valence electrons. The van der Waals surface area contributed by atoms with Gasteiger partial charge in [0.15, 0.2) is 0 Å². The van der Waals surface area contributed by atoms with Gasteiger partial charge in [-0.2, -0.15) is 5.26 Å². The van der Waals surface area contributed by atoms with Gasteiger partial charge in [-0.3, -0.25) is 0 Å². The summed E-state index contributed by atoms with van der Waals surface area (Å²) in [6, 6.07) is 7.13. The number of carbonyl (C=O) groups excluding carboxylic acids is 1. The van der Waals surface area contributed by atoms with Crippen molar-refractivity contribution in [2.45, 2.75) is 19.8 Å². The van der Waals surface area contributed by atoms with Crippen molar-refractivity contribution >= 4 is 33.5 Å². The molecule has 7 heteroatoms. The Balaban J connectivity index is 2.66. The zero-order chi connectivity index (χ0) is 17.1. The van der Waals surface area contributed by atoms with E-state index in [0.717, 1.165) is 0 Å². The standard InChI is InChI=1S/C16H14BrClN2O3/c1-3-22-16(21)13-8(2)23-15(20)11(7-19)14(13)10-5-4-9(18)6-12(10)17/h4-6,14H,3,20H2,1-2H3. The molecule has 5 nitrogen and oxygen atoms in total. The number of benzene rings is 1. The van der Waals surface area contributed by atoms with E-state index in [1.54, 1.807) is 32.0 Å². The number of esters is 1. The van der Waals surface area contributed by atoms with Crippen LogP contribution in [0.2, 0.25) is 5.02 Å². The van der Waals surface area contributed by atoms with Crippen molar-refractivity contribution in [3.63, 3.8) is 0 Å².